The molecule has 0 radical (unpaired) electrons. The van der Waals surface area contributed by atoms with Crippen LogP contribution >= 0.6 is 0 Å². The summed E-state index contributed by atoms with van der Waals surface area (Å²) < 4.78 is 25.8. The zero-order valence-electron chi connectivity index (χ0n) is 18.7. The molecule has 0 aliphatic rings. The van der Waals surface area contributed by atoms with Gasteiger partial charge in [0.25, 0.3) is 0 Å². The summed E-state index contributed by atoms with van der Waals surface area (Å²) in [5.41, 5.74) is 1.57. The standard InChI is InChI=1S/C27H37FO2/c1-3-5-7-8-9-11-21-30-26-19-16-24(27(28)22-26)15-12-23-13-17-25(18-14-23)29-20-10-6-4-2/h12-19,22H,3-11,20-21H2,1-2H3. The fourth-order valence-electron chi connectivity index (χ4n) is 3.21. The molecule has 164 valence electrons. The molecule has 0 fully saturated rings. The van der Waals surface area contributed by atoms with Gasteiger partial charge >= 0.3 is 0 Å². The average Bonchev–Trinajstić information content (AvgIpc) is 2.76. The van der Waals surface area contributed by atoms with Gasteiger partial charge in [-0.05, 0) is 42.7 Å². The molecule has 2 nitrogen and oxygen atoms in total. The summed E-state index contributed by atoms with van der Waals surface area (Å²) in [5.74, 6) is 1.21. The van der Waals surface area contributed by atoms with Crippen molar-refractivity contribution in [3.63, 3.8) is 0 Å². The zero-order chi connectivity index (χ0) is 21.4. The minimum Gasteiger partial charge on any atom is -0.494 e. The first-order valence-electron chi connectivity index (χ1n) is 11.6. The SMILES string of the molecule is CCCCCCCCOc1ccc(C=Cc2ccc(OCCCCC)cc2)c(F)c1. The van der Waals surface area contributed by atoms with Crippen LogP contribution in [0.25, 0.3) is 12.2 Å². The van der Waals surface area contributed by atoms with E-state index in [2.05, 4.69) is 13.8 Å². The second kappa shape index (κ2) is 14.7. The number of halogens is 1. The molecule has 0 amide bonds. The lowest BCUT2D eigenvalue weighted by molar-refractivity contribution is 0.303. The third-order valence-corrected chi connectivity index (χ3v) is 5.09. The molecule has 0 bridgehead atoms. The Bertz CT molecular complexity index is 737. The minimum absolute atomic E-state index is 0.262. The van der Waals surface area contributed by atoms with E-state index >= 15 is 0 Å². The van der Waals surface area contributed by atoms with E-state index in [0.717, 1.165) is 30.8 Å². The Balaban J connectivity index is 1.77. The summed E-state index contributed by atoms with van der Waals surface area (Å²) in [7, 11) is 0. The molecule has 0 N–H and O–H groups in total. The van der Waals surface area contributed by atoms with Crippen LogP contribution in [0.15, 0.2) is 42.5 Å². The molecule has 0 heterocycles. The topological polar surface area (TPSA) is 18.5 Å². The summed E-state index contributed by atoms with van der Waals surface area (Å²) in [4.78, 5) is 0. The van der Waals surface area contributed by atoms with Gasteiger partial charge in [0, 0.05) is 11.6 Å². The Labute approximate surface area is 182 Å². The molecule has 0 aliphatic heterocycles. The van der Waals surface area contributed by atoms with Gasteiger partial charge in [-0.3, -0.25) is 0 Å². The summed E-state index contributed by atoms with van der Waals surface area (Å²) in [6.07, 6.45) is 14.5. The first kappa shape index (κ1) is 24.0. The smallest absolute Gasteiger partial charge is 0.134 e. The van der Waals surface area contributed by atoms with Crippen molar-refractivity contribution in [2.24, 2.45) is 0 Å². The van der Waals surface area contributed by atoms with Crippen molar-refractivity contribution in [3.05, 3.63) is 59.4 Å². The fraction of sp³-hybridized carbons (Fsp3) is 0.481. The minimum atomic E-state index is -0.262. The van der Waals surface area contributed by atoms with Crippen LogP contribution in [0.4, 0.5) is 4.39 Å². The molecule has 2 aromatic rings. The Morgan fingerprint density at radius 2 is 1.23 bits per heavy atom. The maximum atomic E-state index is 14.4. The zero-order valence-corrected chi connectivity index (χ0v) is 18.7. The fourth-order valence-corrected chi connectivity index (χ4v) is 3.21. The van der Waals surface area contributed by atoms with Crippen molar-refractivity contribution in [3.8, 4) is 11.5 Å². The summed E-state index contributed by atoms with van der Waals surface area (Å²) in [6.45, 7) is 5.80. The maximum Gasteiger partial charge on any atom is 0.134 e. The van der Waals surface area contributed by atoms with Gasteiger partial charge in [-0.2, -0.15) is 0 Å². The number of hydrogen-bond acceptors (Lipinski definition) is 2. The molecule has 30 heavy (non-hydrogen) atoms. The number of rotatable bonds is 15. The molecule has 0 aromatic heterocycles. The van der Waals surface area contributed by atoms with Gasteiger partial charge in [-0.25, -0.2) is 4.39 Å². The van der Waals surface area contributed by atoms with Gasteiger partial charge < -0.3 is 9.47 Å². The molecular weight excluding hydrogens is 375 g/mol. The number of unbranched alkanes of at least 4 members (excludes halogenated alkanes) is 7. The second-order valence-electron chi connectivity index (χ2n) is 7.76. The monoisotopic (exact) mass is 412 g/mol. The number of benzene rings is 2. The van der Waals surface area contributed by atoms with Gasteiger partial charge in [-0.15, -0.1) is 0 Å². The van der Waals surface area contributed by atoms with E-state index in [4.69, 9.17) is 9.47 Å². The highest BCUT2D eigenvalue weighted by Crippen LogP contribution is 2.20. The van der Waals surface area contributed by atoms with Crippen LogP contribution < -0.4 is 9.47 Å². The van der Waals surface area contributed by atoms with Gasteiger partial charge in [-0.1, -0.05) is 83.1 Å². The number of hydrogen-bond donors (Lipinski definition) is 0. The van der Waals surface area contributed by atoms with E-state index in [1.807, 2.05) is 36.4 Å². The molecule has 3 heteroatoms. The third kappa shape index (κ3) is 9.47. The molecule has 0 aliphatic carbocycles. The van der Waals surface area contributed by atoms with Crippen molar-refractivity contribution in [1.29, 1.82) is 0 Å². The summed E-state index contributed by atoms with van der Waals surface area (Å²) in [5, 5.41) is 0. The summed E-state index contributed by atoms with van der Waals surface area (Å²) in [6, 6.07) is 13.0. The first-order chi connectivity index (χ1) is 14.7. The van der Waals surface area contributed by atoms with Crippen LogP contribution in [0.1, 0.15) is 82.8 Å². The highest BCUT2D eigenvalue weighted by molar-refractivity contribution is 5.70. The van der Waals surface area contributed by atoms with E-state index in [0.29, 0.717) is 17.9 Å². The molecule has 2 aromatic carbocycles. The van der Waals surface area contributed by atoms with Crippen molar-refractivity contribution in [2.75, 3.05) is 13.2 Å². The predicted molar refractivity (Wildman–Crippen MR) is 126 cm³/mol. The van der Waals surface area contributed by atoms with Gasteiger partial charge in [0.05, 0.1) is 13.2 Å². The number of ether oxygens (including phenoxy) is 2. The Kier molecular flexibility index (Phi) is 11.7. The molecule has 2 rings (SSSR count). The first-order valence-corrected chi connectivity index (χ1v) is 11.6. The average molecular weight is 413 g/mol. The maximum absolute atomic E-state index is 14.4. The second-order valence-corrected chi connectivity index (χ2v) is 7.76. The van der Waals surface area contributed by atoms with Crippen molar-refractivity contribution >= 4 is 12.2 Å². The predicted octanol–water partition coefficient (Wildman–Crippen LogP) is 8.30. The van der Waals surface area contributed by atoms with Crippen LogP contribution in [-0.4, -0.2) is 13.2 Å². The van der Waals surface area contributed by atoms with E-state index < -0.39 is 0 Å². The Morgan fingerprint density at radius 1 is 0.667 bits per heavy atom. The van der Waals surface area contributed by atoms with E-state index in [1.165, 1.54) is 51.0 Å². The molecular formula is C27H37FO2. The van der Waals surface area contributed by atoms with Gasteiger partial charge in [0.1, 0.15) is 17.3 Å². The van der Waals surface area contributed by atoms with Crippen LogP contribution in [0.5, 0.6) is 11.5 Å². The lowest BCUT2D eigenvalue weighted by Crippen LogP contribution is -1.98. The summed E-state index contributed by atoms with van der Waals surface area (Å²) >= 11 is 0. The molecule has 0 spiro atoms. The van der Waals surface area contributed by atoms with Crippen LogP contribution in [-0.2, 0) is 0 Å². The molecule has 0 saturated carbocycles. The van der Waals surface area contributed by atoms with Crippen LogP contribution in [0.3, 0.4) is 0 Å². The van der Waals surface area contributed by atoms with Gasteiger partial charge in [0.15, 0.2) is 0 Å². The van der Waals surface area contributed by atoms with Gasteiger partial charge in [0.2, 0.25) is 0 Å². The molecule has 0 atom stereocenters. The van der Waals surface area contributed by atoms with E-state index in [-0.39, 0.29) is 5.82 Å². The lowest BCUT2D eigenvalue weighted by atomic mass is 10.1. The molecule has 0 saturated heterocycles. The highest BCUT2D eigenvalue weighted by Gasteiger charge is 2.02. The highest BCUT2D eigenvalue weighted by atomic mass is 19.1. The Morgan fingerprint density at radius 3 is 1.93 bits per heavy atom. The largest absolute Gasteiger partial charge is 0.494 e. The van der Waals surface area contributed by atoms with Crippen LogP contribution in [0, 0.1) is 5.82 Å². The van der Waals surface area contributed by atoms with Crippen LogP contribution in [0.2, 0.25) is 0 Å². The Hall–Kier alpha value is -2.29. The molecule has 0 unspecified atom stereocenters. The normalized spacial score (nSPS) is 11.2. The third-order valence-electron chi connectivity index (χ3n) is 5.09. The van der Waals surface area contributed by atoms with E-state index in [1.54, 1.807) is 12.1 Å². The van der Waals surface area contributed by atoms with Crippen molar-refractivity contribution < 1.29 is 13.9 Å². The lowest BCUT2D eigenvalue weighted by Gasteiger charge is -2.07. The van der Waals surface area contributed by atoms with E-state index in [9.17, 15) is 4.39 Å². The van der Waals surface area contributed by atoms with Crippen molar-refractivity contribution in [2.45, 2.75) is 71.6 Å². The van der Waals surface area contributed by atoms with Crippen molar-refractivity contribution in [1.82, 2.24) is 0 Å². The quantitative estimate of drug-likeness (QED) is 0.216.